The van der Waals surface area contributed by atoms with Gasteiger partial charge in [-0.05, 0) is 28.4 Å². The maximum absolute atomic E-state index is 11.4. The SMILES string of the molecule is C=CCCC(=O)Nc1cc(Br)cnc1Cl. The highest BCUT2D eigenvalue weighted by atomic mass is 79.9. The Labute approximate surface area is 102 Å². The first kappa shape index (κ1) is 12.2. The van der Waals surface area contributed by atoms with Gasteiger partial charge in [-0.2, -0.15) is 0 Å². The van der Waals surface area contributed by atoms with Gasteiger partial charge >= 0.3 is 0 Å². The first-order valence-electron chi connectivity index (χ1n) is 4.35. The normalized spacial score (nSPS) is 9.73. The van der Waals surface area contributed by atoms with Gasteiger partial charge in [0.15, 0.2) is 5.15 Å². The summed E-state index contributed by atoms with van der Waals surface area (Å²) in [6.45, 7) is 3.55. The average Bonchev–Trinajstić information content (AvgIpc) is 2.20. The van der Waals surface area contributed by atoms with Gasteiger partial charge in [0.2, 0.25) is 5.91 Å². The molecule has 0 aliphatic carbocycles. The van der Waals surface area contributed by atoms with Gasteiger partial charge < -0.3 is 5.32 Å². The van der Waals surface area contributed by atoms with Crippen LogP contribution in [0.25, 0.3) is 0 Å². The molecule has 3 nitrogen and oxygen atoms in total. The lowest BCUT2D eigenvalue weighted by atomic mass is 10.3. The van der Waals surface area contributed by atoms with Crippen LogP contribution in [0.15, 0.2) is 29.4 Å². The summed E-state index contributed by atoms with van der Waals surface area (Å²) in [6, 6.07) is 1.71. The van der Waals surface area contributed by atoms with Crippen molar-refractivity contribution in [2.45, 2.75) is 12.8 Å². The van der Waals surface area contributed by atoms with Crippen LogP contribution in [-0.4, -0.2) is 10.9 Å². The highest BCUT2D eigenvalue weighted by molar-refractivity contribution is 9.10. The predicted octanol–water partition coefficient (Wildman–Crippen LogP) is 3.40. The minimum Gasteiger partial charge on any atom is -0.323 e. The molecule has 0 saturated heterocycles. The maximum atomic E-state index is 11.4. The Morgan fingerprint density at radius 1 is 1.73 bits per heavy atom. The molecule has 0 unspecified atom stereocenters. The minimum absolute atomic E-state index is 0.100. The van der Waals surface area contributed by atoms with E-state index in [1.54, 1.807) is 18.3 Å². The van der Waals surface area contributed by atoms with Crippen LogP contribution < -0.4 is 5.32 Å². The lowest BCUT2D eigenvalue weighted by Gasteiger charge is -2.05. The van der Waals surface area contributed by atoms with E-state index < -0.39 is 0 Å². The van der Waals surface area contributed by atoms with Crippen molar-refractivity contribution in [2.24, 2.45) is 0 Å². The highest BCUT2D eigenvalue weighted by Gasteiger charge is 2.06. The summed E-state index contributed by atoms with van der Waals surface area (Å²) < 4.78 is 0.769. The van der Waals surface area contributed by atoms with E-state index in [4.69, 9.17) is 11.6 Å². The molecule has 0 spiro atoms. The Morgan fingerprint density at radius 2 is 2.47 bits per heavy atom. The highest BCUT2D eigenvalue weighted by Crippen LogP contribution is 2.23. The second-order valence-corrected chi connectivity index (χ2v) is 4.14. The molecule has 80 valence electrons. The molecule has 0 saturated carbocycles. The van der Waals surface area contributed by atoms with Gasteiger partial charge in [-0.3, -0.25) is 4.79 Å². The van der Waals surface area contributed by atoms with E-state index in [-0.39, 0.29) is 11.1 Å². The molecule has 1 amide bonds. The lowest BCUT2D eigenvalue weighted by molar-refractivity contribution is -0.116. The Balaban J connectivity index is 2.67. The minimum atomic E-state index is -0.100. The van der Waals surface area contributed by atoms with Gasteiger partial charge in [0.05, 0.1) is 5.69 Å². The van der Waals surface area contributed by atoms with Crippen molar-refractivity contribution in [3.05, 3.63) is 34.5 Å². The topological polar surface area (TPSA) is 42.0 Å². The number of nitrogens with one attached hydrogen (secondary N) is 1. The fraction of sp³-hybridized carbons (Fsp3) is 0.200. The smallest absolute Gasteiger partial charge is 0.224 e. The van der Waals surface area contributed by atoms with Crippen LogP contribution in [0.1, 0.15) is 12.8 Å². The number of anilines is 1. The summed E-state index contributed by atoms with van der Waals surface area (Å²) >= 11 is 9.06. The molecule has 0 aliphatic rings. The molecular formula is C10H10BrClN2O. The first-order chi connectivity index (χ1) is 7.13. The third-order valence-electron chi connectivity index (χ3n) is 1.66. The molecule has 0 radical (unpaired) electrons. The van der Waals surface area contributed by atoms with Gasteiger partial charge in [-0.1, -0.05) is 17.7 Å². The number of nitrogens with zero attached hydrogens (tertiary/aromatic N) is 1. The molecule has 1 heterocycles. The van der Waals surface area contributed by atoms with E-state index >= 15 is 0 Å². The number of allylic oxidation sites excluding steroid dienone is 1. The Hall–Kier alpha value is -0.870. The van der Waals surface area contributed by atoms with Crippen LogP contribution in [-0.2, 0) is 4.79 Å². The Bertz CT molecular complexity index is 382. The number of carbonyl (C=O) groups excluding carboxylic acids is 1. The van der Waals surface area contributed by atoms with E-state index in [0.717, 1.165) is 4.47 Å². The molecule has 0 fully saturated rings. The van der Waals surface area contributed by atoms with E-state index in [9.17, 15) is 4.79 Å². The van der Waals surface area contributed by atoms with E-state index in [1.807, 2.05) is 0 Å². The second kappa shape index (κ2) is 5.88. The molecule has 1 aromatic rings. The molecular weight excluding hydrogens is 279 g/mol. The fourth-order valence-electron chi connectivity index (χ4n) is 0.956. The lowest BCUT2D eigenvalue weighted by Crippen LogP contribution is -2.11. The molecule has 0 aromatic carbocycles. The zero-order chi connectivity index (χ0) is 11.3. The van der Waals surface area contributed by atoms with Crippen molar-refractivity contribution in [3.63, 3.8) is 0 Å². The monoisotopic (exact) mass is 288 g/mol. The summed E-state index contributed by atoms with van der Waals surface area (Å²) in [7, 11) is 0. The Kier molecular flexibility index (Phi) is 4.78. The first-order valence-corrected chi connectivity index (χ1v) is 5.52. The third-order valence-corrected chi connectivity index (χ3v) is 2.39. The van der Waals surface area contributed by atoms with Crippen molar-refractivity contribution in [2.75, 3.05) is 5.32 Å². The number of hydrogen-bond donors (Lipinski definition) is 1. The van der Waals surface area contributed by atoms with Crippen molar-refractivity contribution < 1.29 is 4.79 Å². The fourth-order valence-corrected chi connectivity index (χ4v) is 1.44. The molecule has 5 heteroatoms. The zero-order valence-electron chi connectivity index (χ0n) is 7.96. The largest absolute Gasteiger partial charge is 0.323 e. The molecule has 1 N–H and O–H groups in total. The predicted molar refractivity (Wildman–Crippen MR) is 65.0 cm³/mol. The average molecular weight is 290 g/mol. The van der Waals surface area contributed by atoms with Crippen molar-refractivity contribution in [1.82, 2.24) is 4.98 Å². The summed E-state index contributed by atoms with van der Waals surface area (Å²) in [5.41, 5.74) is 0.514. The quantitative estimate of drug-likeness (QED) is 0.682. The molecule has 15 heavy (non-hydrogen) atoms. The zero-order valence-corrected chi connectivity index (χ0v) is 10.3. The molecule has 0 bridgehead atoms. The van der Waals surface area contributed by atoms with Crippen LogP contribution in [0.4, 0.5) is 5.69 Å². The standard InChI is InChI=1S/C10H10BrClN2O/c1-2-3-4-9(15)14-8-5-7(11)6-13-10(8)12/h2,5-6H,1,3-4H2,(H,14,15). The van der Waals surface area contributed by atoms with Crippen LogP contribution in [0.2, 0.25) is 5.15 Å². The van der Waals surface area contributed by atoms with Crippen LogP contribution in [0, 0.1) is 0 Å². The number of carbonyl (C=O) groups is 1. The summed E-state index contributed by atoms with van der Waals surface area (Å²) in [4.78, 5) is 15.3. The van der Waals surface area contributed by atoms with Gasteiger partial charge in [0.25, 0.3) is 0 Å². The number of rotatable bonds is 4. The summed E-state index contributed by atoms with van der Waals surface area (Å²) in [5, 5.41) is 2.96. The Morgan fingerprint density at radius 3 is 3.13 bits per heavy atom. The van der Waals surface area contributed by atoms with Crippen molar-refractivity contribution in [3.8, 4) is 0 Å². The number of hydrogen-bond acceptors (Lipinski definition) is 2. The van der Waals surface area contributed by atoms with Crippen LogP contribution in [0.3, 0.4) is 0 Å². The van der Waals surface area contributed by atoms with E-state index in [2.05, 4.69) is 32.8 Å². The van der Waals surface area contributed by atoms with E-state index in [1.165, 1.54) is 0 Å². The molecule has 1 rings (SSSR count). The van der Waals surface area contributed by atoms with Crippen LogP contribution in [0.5, 0.6) is 0 Å². The molecule has 1 aromatic heterocycles. The molecule has 0 aliphatic heterocycles. The second-order valence-electron chi connectivity index (χ2n) is 2.87. The number of pyridine rings is 1. The van der Waals surface area contributed by atoms with Gasteiger partial charge in [-0.15, -0.1) is 6.58 Å². The van der Waals surface area contributed by atoms with E-state index in [0.29, 0.717) is 18.5 Å². The van der Waals surface area contributed by atoms with Crippen LogP contribution >= 0.6 is 27.5 Å². The summed E-state index contributed by atoms with van der Waals surface area (Å²) in [6.07, 6.45) is 4.30. The third kappa shape index (κ3) is 4.01. The van der Waals surface area contributed by atoms with Gasteiger partial charge in [-0.25, -0.2) is 4.98 Å². The molecule has 0 atom stereocenters. The number of halogens is 2. The van der Waals surface area contributed by atoms with Crippen molar-refractivity contribution in [1.29, 1.82) is 0 Å². The maximum Gasteiger partial charge on any atom is 0.224 e. The number of aromatic nitrogens is 1. The van der Waals surface area contributed by atoms with Gasteiger partial charge in [0.1, 0.15) is 0 Å². The number of amides is 1. The van der Waals surface area contributed by atoms with Crippen molar-refractivity contribution >= 4 is 39.1 Å². The summed E-state index contributed by atoms with van der Waals surface area (Å²) in [5.74, 6) is -0.100. The van der Waals surface area contributed by atoms with Gasteiger partial charge in [0, 0.05) is 17.1 Å².